The molecule has 2 aromatic carbocycles. The molecular formula is C19H23BrN2O5S. The van der Waals surface area contributed by atoms with Crippen molar-refractivity contribution in [3.63, 3.8) is 0 Å². The zero-order valence-electron chi connectivity index (χ0n) is 15.7. The Balaban J connectivity index is 1.79. The minimum Gasteiger partial charge on any atom is -0.379 e. The molecule has 0 radical (unpaired) electrons. The summed E-state index contributed by atoms with van der Waals surface area (Å²) in [7, 11) is -3.75. The van der Waals surface area contributed by atoms with Gasteiger partial charge in [-0.25, -0.2) is 0 Å². The van der Waals surface area contributed by atoms with E-state index in [4.69, 9.17) is 4.18 Å². The zero-order valence-corrected chi connectivity index (χ0v) is 18.1. The maximum Gasteiger partial charge on any atom is 0.296 e. The number of nitrogens with one attached hydrogen (secondary N) is 1. The Kier molecular flexibility index (Phi) is 7.97. The molecular weight excluding hydrogens is 448 g/mol. The SMILES string of the molecule is Cc1ccc(S(=O)(=O)OCCC[C@@H](C)CNc2cc(Br)ccc2[N+](=O)[O-])cc1. The van der Waals surface area contributed by atoms with E-state index in [1.165, 1.54) is 18.2 Å². The van der Waals surface area contributed by atoms with E-state index in [0.717, 1.165) is 16.5 Å². The van der Waals surface area contributed by atoms with Crippen LogP contribution >= 0.6 is 15.9 Å². The molecule has 0 fully saturated rings. The molecule has 2 aromatic rings. The smallest absolute Gasteiger partial charge is 0.296 e. The van der Waals surface area contributed by atoms with Crippen LogP contribution in [0.15, 0.2) is 51.8 Å². The van der Waals surface area contributed by atoms with Crippen LogP contribution in [-0.2, 0) is 14.3 Å². The van der Waals surface area contributed by atoms with Crippen LogP contribution < -0.4 is 5.32 Å². The first-order chi connectivity index (χ1) is 13.2. The number of nitro groups is 1. The van der Waals surface area contributed by atoms with Crippen LogP contribution in [0, 0.1) is 23.0 Å². The maximum atomic E-state index is 12.1. The summed E-state index contributed by atoms with van der Waals surface area (Å²) in [5.41, 5.74) is 1.44. The van der Waals surface area contributed by atoms with E-state index >= 15 is 0 Å². The third-order valence-corrected chi connectivity index (χ3v) is 6.01. The largest absolute Gasteiger partial charge is 0.379 e. The lowest BCUT2D eigenvalue weighted by Crippen LogP contribution is -2.14. The van der Waals surface area contributed by atoms with Crippen molar-refractivity contribution in [3.05, 3.63) is 62.6 Å². The quantitative estimate of drug-likeness (QED) is 0.229. The van der Waals surface area contributed by atoms with E-state index in [9.17, 15) is 18.5 Å². The van der Waals surface area contributed by atoms with Gasteiger partial charge in [-0.05, 0) is 49.9 Å². The maximum absolute atomic E-state index is 12.1. The van der Waals surface area contributed by atoms with Crippen molar-refractivity contribution in [1.82, 2.24) is 0 Å². The minimum absolute atomic E-state index is 0.0166. The van der Waals surface area contributed by atoms with E-state index in [1.54, 1.807) is 24.3 Å². The van der Waals surface area contributed by atoms with Gasteiger partial charge < -0.3 is 5.32 Å². The van der Waals surface area contributed by atoms with E-state index in [-0.39, 0.29) is 23.1 Å². The normalized spacial score (nSPS) is 12.5. The summed E-state index contributed by atoms with van der Waals surface area (Å²) in [6.45, 7) is 4.50. The van der Waals surface area contributed by atoms with Gasteiger partial charge in [-0.1, -0.05) is 40.5 Å². The van der Waals surface area contributed by atoms with Crippen LogP contribution in [0.25, 0.3) is 0 Å². The highest BCUT2D eigenvalue weighted by Gasteiger charge is 2.16. The van der Waals surface area contributed by atoms with Crippen molar-refractivity contribution in [2.45, 2.75) is 31.6 Å². The third-order valence-electron chi connectivity index (χ3n) is 4.19. The Morgan fingerprint density at radius 3 is 2.54 bits per heavy atom. The van der Waals surface area contributed by atoms with Crippen molar-refractivity contribution in [2.75, 3.05) is 18.5 Å². The number of halogens is 1. The number of benzene rings is 2. The number of hydrogen-bond donors (Lipinski definition) is 1. The molecule has 152 valence electrons. The first-order valence-corrected chi connectivity index (χ1v) is 11.0. The predicted molar refractivity (Wildman–Crippen MR) is 112 cm³/mol. The fourth-order valence-electron chi connectivity index (χ4n) is 2.57. The molecule has 1 N–H and O–H groups in total. The molecule has 0 aliphatic carbocycles. The summed E-state index contributed by atoms with van der Waals surface area (Å²) in [6, 6.07) is 11.3. The van der Waals surface area contributed by atoms with Gasteiger partial charge in [-0.15, -0.1) is 0 Å². The average Bonchev–Trinajstić information content (AvgIpc) is 2.63. The van der Waals surface area contributed by atoms with E-state index in [0.29, 0.717) is 18.7 Å². The van der Waals surface area contributed by atoms with Gasteiger partial charge in [0.05, 0.1) is 16.4 Å². The second-order valence-corrected chi connectivity index (χ2v) is 9.17. The molecule has 1 atom stereocenters. The molecule has 0 aromatic heterocycles. The van der Waals surface area contributed by atoms with Gasteiger partial charge in [-0.3, -0.25) is 14.3 Å². The molecule has 0 aliphatic heterocycles. The molecule has 28 heavy (non-hydrogen) atoms. The number of aryl methyl sites for hydroxylation is 1. The van der Waals surface area contributed by atoms with E-state index < -0.39 is 15.0 Å². The summed E-state index contributed by atoms with van der Waals surface area (Å²) in [4.78, 5) is 10.8. The van der Waals surface area contributed by atoms with Crippen LogP contribution in [-0.4, -0.2) is 26.5 Å². The minimum atomic E-state index is -3.75. The fraction of sp³-hybridized carbons (Fsp3) is 0.368. The van der Waals surface area contributed by atoms with Crippen LogP contribution in [0.1, 0.15) is 25.3 Å². The van der Waals surface area contributed by atoms with Gasteiger partial charge in [0.15, 0.2) is 0 Å². The molecule has 0 amide bonds. The molecule has 0 unspecified atom stereocenters. The van der Waals surface area contributed by atoms with Gasteiger partial charge >= 0.3 is 0 Å². The Hall–Kier alpha value is -1.97. The topological polar surface area (TPSA) is 98.5 Å². The summed E-state index contributed by atoms with van der Waals surface area (Å²) in [5.74, 6) is 0.185. The summed E-state index contributed by atoms with van der Waals surface area (Å²) < 4.78 is 30.1. The first kappa shape index (κ1) is 22.3. The second kappa shape index (κ2) is 9.99. The monoisotopic (exact) mass is 470 g/mol. The van der Waals surface area contributed by atoms with Gasteiger partial charge in [0.2, 0.25) is 0 Å². The summed E-state index contributed by atoms with van der Waals surface area (Å²) >= 11 is 3.31. The van der Waals surface area contributed by atoms with Crippen LogP contribution in [0.2, 0.25) is 0 Å². The van der Waals surface area contributed by atoms with Crippen LogP contribution in [0.4, 0.5) is 11.4 Å². The van der Waals surface area contributed by atoms with Gasteiger partial charge in [0, 0.05) is 17.1 Å². The molecule has 7 nitrogen and oxygen atoms in total. The Bertz CT molecular complexity index is 916. The molecule has 0 heterocycles. The third kappa shape index (κ3) is 6.57. The average molecular weight is 471 g/mol. The number of rotatable bonds is 10. The number of nitro benzene ring substituents is 1. The van der Waals surface area contributed by atoms with E-state index in [2.05, 4.69) is 21.2 Å². The number of hydrogen-bond acceptors (Lipinski definition) is 6. The molecule has 0 saturated heterocycles. The lowest BCUT2D eigenvalue weighted by atomic mass is 10.1. The highest BCUT2D eigenvalue weighted by molar-refractivity contribution is 9.10. The molecule has 0 aliphatic rings. The summed E-state index contributed by atoms with van der Waals surface area (Å²) in [5, 5.41) is 14.2. The van der Waals surface area contributed by atoms with Gasteiger partial charge in [0.1, 0.15) is 5.69 Å². The lowest BCUT2D eigenvalue weighted by Gasteiger charge is -2.14. The fourth-order valence-corrected chi connectivity index (χ4v) is 3.87. The molecule has 0 saturated carbocycles. The Labute approximate surface area is 173 Å². The van der Waals surface area contributed by atoms with Crippen LogP contribution in [0.3, 0.4) is 0 Å². The van der Waals surface area contributed by atoms with Gasteiger partial charge in [-0.2, -0.15) is 8.42 Å². The van der Waals surface area contributed by atoms with Crippen LogP contribution in [0.5, 0.6) is 0 Å². The molecule has 2 rings (SSSR count). The second-order valence-electron chi connectivity index (χ2n) is 6.64. The molecule has 9 heteroatoms. The Morgan fingerprint density at radius 2 is 1.89 bits per heavy atom. The Morgan fingerprint density at radius 1 is 1.21 bits per heavy atom. The number of nitrogens with zero attached hydrogens (tertiary/aromatic N) is 1. The molecule has 0 spiro atoms. The van der Waals surface area contributed by atoms with Crippen molar-refractivity contribution < 1.29 is 17.5 Å². The van der Waals surface area contributed by atoms with Crippen molar-refractivity contribution >= 4 is 37.4 Å². The highest BCUT2D eigenvalue weighted by atomic mass is 79.9. The first-order valence-electron chi connectivity index (χ1n) is 8.83. The molecule has 0 bridgehead atoms. The van der Waals surface area contributed by atoms with Crippen molar-refractivity contribution in [3.8, 4) is 0 Å². The summed E-state index contributed by atoms with van der Waals surface area (Å²) in [6.07, 6.45) is 1.28. The lowest BCUT2D eigenvalue weighted by molar-refractivity contribution is -0.384. The predicted octanol–water partition coefficient (Wildman–Crippen LogP) is 4.90. The van der Waals surface area contributed by atoms with Crippen molar-refractivity contribution in [2.24, 2.45) is 5.92 Å². The number of anilines is 1. The standard InChI is InChI=1S/C19H23BrN2O5S/c1-14-5-8-17(9-6-14)28(25,26)27-11-3-4-15(2)13-21-18-12-16(20)7-10-19(18)22(23)24/h5-10,12,15,21H,3-4,11,13H2,1-2H3/t15-/m1/s1. The van der Waals surface area contributed by atoms with E-state index in [1.807, 2.05) is 13.8 Å². The van der Waals surface area contributed by atoms with Crippen molar-refractivity contribution in [1.29, 1.82) is 0 Å². The van der Waals surface area contributed by atoms with Gasteiger partial charge in [0.25, 0.3) is 15.8 Å². The highest BCUT2D eigenvalue weighted by Crippen LogP contribution is 2.28. The zero-order chi connectivity index (χ0) is 20.7.